The van der Waals surface area contributed by atoms with Crippen LogP contribution in [0, 0.1) is 0 Å². The van der Waals surface area contributed by atoms with E-state index in [2.05, 4.69) is 0 Å². The van der Waals surface area contributed by atoms with E-state index in [0.717, 1.165) is 0 Å². The molecule has 0 aromatic carbocycles. The Kier molecular flexibility index (Phi) is 0.592. The lowest BCUT2D eigenvalue weighted by molar-refractivity contribution is 0.225. The molecule has 0 bridgehead atoms. The number of hydrogen-bond acceptors (Lipinski definition) is 1. The molecular weight excluding hydrogens is 88.1 g/mol. The monoisotopic (exact) mass is 99.1 g/mol. The van der Waals surface area contributed by atoms with E-state index in [1.807, 2.05) is 0 Å². The maximum Gasteiger partial charge on any atom is 0.0758 e. The van der Waals surface area contributed by atoms with Gasteiger partial charge in [0, 0.05) is 1.37 Å². The standard InChI is InChI=1S/C6H8O/c7-6-4-2-1-3-5-6/h1-4,6-7H,5H2/i3D,5D,6D. The van der Waals surface area contributed by atoms with Gasteiger partial charge in [0.1, 0.15) is 0 Å². The molecule has 0 radical (unpaired) electrons. The normalized spacial score (nSPS) is 57.0. The Morgan fingerprint density at radius 2 is 2.86 bits per heavy atom. The van der Waals surface area contributed by atoms with E-state index in [-0.39, 0.29) is 6.05 Å². The average molecular weight is 99.1 g/mol. The van der Waals surface area contributed by atoms with Gasteiger partial charge in [-0.2, -0.15) is 0 Å². The van der Waals surface area contributed by atoms with Crippen LogP contribution in [0.3, 0.4) is 0 Å². The zero-order valence-corrected chi connectivity index (χ0v) is 3.76. The first-order valence-corrected chi connectivity index (χ1v) is 2.04. The van der Waals surface area contributed by atoms with E-state index < -0.39 is 12.5 Å². The molecule has 1 N–H and O–H groups in total. The fraction of sp³-hybridized carbons (Fsp3) is 0.333. The molecule has 0 saturated heterocycles. The van der Waals surface area contributed by atoms with Gasteiger partial charge >= 0.3 is 0 Å². The minimum absolute atomic E-state index is 0.0278. The summed E-state index contributed by atoms with van der Waals surface area (Å²) in [5.74, 6) is 0. The highest BCUT2D eigenvalue weighted by Crippen LogP contribution is 2.00. The average Bonchev–Trinajstić information content (AvgIpc) is 1.83. The summed E-state index contributed by atoms with van der Waals surface area (Å²) in [6.45, 7) is 0. The molecule has 2 atom stereocenters. The van der Waals surface area contributed by atoms with Crippen LogP contribution in [-0.4, -0.2) is 11.2 Å². The van der Waals surface area contributed by atoms with Crippen molar-refractivity contribution in [1.82, 2.24) is 0 Å². The molecule has 7 heavy (non-hydrogen) atoms. The van der Waals surface area contributed by atoms with Gasteiger partial charge in [-0.15, -0.1) is 0 Å². The van der Waals surface area contributed by atoms with Crippen LogP contribution in [0.25, 0.3) is 0 Å². The van der Waals surface area contributed by atoms with Gasteiger partial charge in [-0.05, 0) is 6.40 Å². The summed E-state index contributed by atoms with van der Waals surface area (Å²) in [5.41, 5.74) is 0. The third-order valence-corrected chi connectivity index (χ3v) is 0.691. The van der Waals surface area contributed by atoms with Crippen LogP contribution in [0.2, 0.25) is 0 Å². The topological polar surface area (TPSA) is 20.2 Å². The van der Waals surface area contributed by atoms with E-state index in [1.165, 1.54) is 18.2 Å². The summed E-state index contributed by atoms with van der Waals surface area (Å²) in [5, 5.41) is 9.04. The number of hydrogen-bond donors (Lipinski definition) is 1. The third kappa shape index (κ3) is 1.16. The second-order valence-corrected chi connectivity index (χ2v) is 1.26. The lowest BCUT2D eigenvalue weighted by Crippen LogP contribution is -2.00. The maximum absolute atomic E-state index is 9.04. The molecular formula is C6H8O. The van der Waals surface area contributed by atoms with Gasteiger partial charge in [0.15, 0.2) is 0 Å². The molecule has 0 aromatic rings. The third-order valence-electron chi connectivity index (χ3n) is 0.691. The lowest BCUT2D eigenvalue weighted by Gasteiger charge is -2.01. The molecule has 0 amide bonds. The van der Waals surface area contributed by atoms with E-state index in [9.17, 15) is 0 Å². The molecule has 1 aliphatic carbocycles. The van der Waals surface area contributed by atoms with Gasteiger partial charge < -0.3 is 5.11 Å². The Morgan fingerprint density at radius 3 is 3.43 bits per heavy atom. The van der Waals surface area contributed by atoms with Crippen molar-refractivity contribution in [2.45, 2.75) is 12.5 Å². The van der Waals surface area contributed by atoms with Crippen molar-refractivity contribution in [2.75, 3.05) is 0 Å². The highest BCUT2D eigenvalue weighted by atomic mass is 16.3. The lowest BCUT2D eigenvalue weighted by atomic mass is 10.1. The molecule has 38 valence electrons. The molecule has 0 aromatic heterocycles. The molecule has 0 fully saturated rings. The van der Waals surface area contributed by atoms with E-state index in [4.69, 9.17) is 9.22 Å². The van der Waals surface area contributed by atoms with Crippen LogP contribution in [0.5, 0.6) is 0 Å². The van der Waals surface area contributed by atoms with Crippen molar-refractivity contribution < 1.29 is 9.22 Å². The molecule has 2 unspecified atom stereocenters. The molecule has 1 nitrogen and oxygen atoms in total. The summed E-state index contributed by atoms with van der Waals surface area (Å²) >= 11 is 0. The van der Waals surface area contributed by atoms with Crippen LogP contribution >= 0.6 is 0 Å². The maximum atomic E-state index is 9.04. The second kappa shape index (κ2) is 1.94. The summed E-state index contributed by atoms with van der Waals surface area (Å²) in [6, 6.07) is -0.0278. The van der Waals surface area contributed by atoms with Crippen LogP contribution < -0.4 is 0 Å². The fourth-order valence-corrected chi connectivity index (χ4v) is 0.384. The van der Waals surface area contributed by atoms with Crippen LogP contribution in [-0.2, 0) is 0 Å². The van der Waals surface area contributed by atoms with Crippen LogP contribution in [0.1, 0.15) is 10.5 Å². The van der Waals surface area contributed by atoms with Gasteiger partial charge in [0.25, 0.3) is 0 Å². The van der Waals surface area contributed by atoms with Gasteiger partial charge in [-0.3, -0.25) is 0 Å². The minimum Gasteiger partial charge on any atom is -0.389 e. The van der Waals surface area contributed by atoms with E-state index in [1.54, 1.807) is 0 Å². The molecule has 1 aliphatic rings. The molecule has 0 aliphatic heterocycles. The van der Waals surface area contributed by atoms with Crippen molar-refractivity contribution in [3.8, 4) is 0 Å². The Hall–Kier alpha value is -0.560. The van der Waals surface area contributed by atoms with E-state index >= 15 is 0 Å². The molecule has 0 spiro atoms. The highest BCUT2D eigenvalue weighted by molar-refractivity contribution is 5.11. The number of rotatable bonds is 0. The van der Waals surface area contributed by atoms with Crippen molar-refractivity contribution in [3.05, 3.63) is 24.3 Å². The summed E-state index contributed by atoms with van der Waals surface area (Å²) in [4.78, 5) is 0. The Bertz CT molecular complexity index is 195. The summed E-state index contributed by atoms with van der Waals surface area (Å²) in [7, 11) is 0. The quantitative estimate of drug-likeness (QED) is 0.477. The highest BCUT2D eigenvalue weighted by Gasteiger charge is 1.95. The Balaban J connectivity index is 2.89. The molecule has 0 saturated carbocycles. The predicted molar refractivity (Wildman–Crippen MR) is 28.9 cm³/mol. The Labute approximate surface area is 47.2 Å². The zero-order chi connectivity index (χ0) is 7.78. The van der Waals surface area contributed by atoms with Gasteiger partial charge in [0.05, 0.1) is 8.82 Å². The molecule has 0 heterocycles. The number of allylic oxidation sites excluding steroid dienone is 2. The first kappa shape index (κ1) is 2.14. The van der Waals surface area contributed by atoms with Crippen molar-refractivity contribution in [1.29, 1.82) is 0 Å². The smallest absolute Gasteiger partial charge is 0.0758 e. The second-order valence-electron chi connectivity index (χ2n) is 1.26. The summed E-state index contributed by atoms with van der Waals surface area (Å²) < 4.78 is 21.3. The van der Waals surface area contributed by atoms with Gasteiger partial charge in [-0.25, -0.2) is 0 Å². The fourth-order valence-electron chi connectivity index (χ4n) is 0.384. The van der Waals surface area contributed by atoms with Gasteiger partial charge in [-0.1, -0.05) is 24.3 Å². The van der Waals surface area contributed by atoms with Crippen molar-refractivity contribution >= 4 is 0 Å². The first-order valence-electron chi connectivity index (χ1n) is 3.62. The van der Waals surface area contributed by atoms with E-state index in [0.29, 0.717) is 0 Å². The zero-order valence-electron chi connectivity index (χ0n) is 6.76. The number of aliphatic hydroxyl groups is 1. The van der Waals surface area contributed by atoms with Crippen molar-refractivity contribution in [2.24, 2.45) is 0 Å². The Morgan fingerprint density at radius 1 is 2.00 bits per heavy atom. The molecule has 1 rings (SSSR count). The predicted octanol–water partition coefficient (Wildman–Crippen LogP) is 0.863. The van der Waals surface area contributed by atoms with Crippen LogP contribution in [0.15, 0.2) is 24.3 Å². The largest absolute Gasteiger partial charge is 0.389 e. The van der Waals surface area contributed by atoms with Gasteiger partial charge in [0.2, 0.25) is 0 Å². The SMILES string of the molecule is [2H]C1=CC=CC([2H])(O)C1[2H]. The van der Waals surface area contributed by atoms with Crippen LogP contribution in [0.4, 0.5) is 0 Å². The van der Waals surface area contributed by atoms with Crippen molar-refractivity contribution in [3.63, 3.8) is 0 Å². The first-order chi connectivity index (χ1) is 4.54. The minimum atomic E-state index is -1.91. The summed E-state index contributed by atoms with van der Waals surface area (Å²) in [6.07, 6.45) is 0.938. The molecule has 1 heteroatoms.